The van der Waals surface area contributed by atoms with Crippen LogP contribution in [-0.2, 0) is 4.57 Å². The predicted octanol–water partition coefficient (Wildman–Crippen LogP) is -3.54. The van der Waals surface area contributed by atoms with Gasteiger partial charge in [-0.3, -0.25) is 0 Å². The van der Waals surface area contributed by atoms with Gasteiger partial charge in [0.2, 0.25) is 0 Å². The van der Waals surface area contributed by atoms with E-state index in [2.05, 4.69) is 11.9 Å². The molecule has 0 heterocycles. The molecular weight excluding hydrogens is 91.7 g/mol. The van der Waals surface area contributed by atoms with Gasteiger partial charge >= 0.3 is 53.8 Å². The van der Waals surface area contributed by atoms with Gasteiger partial charge in [0.05, 0.1) is 0 Å². The SMILES string of the molecule is B=BB=BB=BOB. The normalized spacial score (nSPS) is 5.88. The average Bonchev–Trinajstić information content (AvgIpc) is 1.81. The molecule has 0 fully saturated rings. The molecule has 0 N–H and O–H groups in total. The van der Waals surface area contributed by atoms with Crippen molar-refractivity contribution in [3.8, 4) is 0 Å². The molecule has 8 heteroatoms. The Labute approximate surface area is 54.5 Å². The fourth-order valence-electron chi connectivity index (χ4n) is 0.267. The van der Waals surface area contributed by atoms with Gasteiger partial charge in [0.1, 0.15) is 0 Å². The third kappa shape index (κ3) is 6.25. The Morgan fingerprint density at radius 2 is 2.00 bits per heavy atom. The van der Waals surface area contributed by atoms with Crippen LogP contribution in [0.25, 0.3) is 0 Å². The van der Waals surface area contributed by atoms with Crippen molar-refractivity contribution >= 4 is 49.2 Å². The first-order chi connectivity index (χ1) is 3.91. The molecule has 0 unspecified atom stereocenters. The first-order valence-electron chi connectivity index (χ1n) is 2.39. The van der Waals surface area contributed by atoms with Gasteiger partial charge in [-0.1, -0.05) is 0 Å². The minimum absolute atomic E-state index is 1.60. The average molecular weight is 94.7 g/mol. The second kappa shape index (κ2) is 7.25. The molecule has 0 atom stereocenters. The quantitative estimate of drug-likeness (QED) is 0.330. The van der Waals surface area contributed by atoms with E-state index in [1.165, 1.54) is 0 Å². The second-order valence-electron chi connectivity index (χ2n) is 1.18. The third-order valence-electron chi connectivity index (χ3n) is 0.573. The van der Waals surface area contributed by atoms with Gasteiger partial charge in [0.25, 0.3) is 0 Å². The summed E-state index contributed by atoms with van der Waals surface area (Å²) in [5, 5.41) is 0. The van der Waals surface area contributed by atoms with Gasteiger partial charge in [0.15, 0.2) is 0 Å². The maximum atomic E-state index is 4.62. The van der Waals surface area contributed by atoms with E-state index in [1.807, 2.05) is 13.4 Å². The molecule has 0 radical (unpaired) electrons. The molecule has 0 rings (SSSR count). The minimum atomic E-state index is 1.60. The van der Waals surface area contributed by atoms with Crippen LogP contribution in [0.2, 0.25) is 0 Å². The van der Waals surface area contributed by atoms with Crippen LogP contribution >= 0.6 is 0 Å². The molecule has 0 aromatic heterocycles. The van der Waals surface area contributed by atoms with E-state index in [9.17, 15) is 0 Å². The fourth-order valence-corrected chi connectivity index (χ4v) is 0.267. The predicted molar refractivity (Wildman–Crippen MR) is 45.5 cm³/mol. The molecule has 0 bridgehead atoms. The number of hydrogen-bond donors (Lipinski definition) is 0. The first kappa shape index (κ1) is 8.25. The van der Waals surface area contributed by atoms with Crippen molar-refractivity contribution in [3.05, 3.63) is 0 Å². The molecule has 0 saturated carbocycles. The summed E-state index contributed by atoms with van der Waals surface area (Å²) >= 11 is 0. The summed E-state index contributed by atoms with van der Waals surface area (Å²) in [7, 11) is 6.70. The van der Waals surface area contributed by atoms with Crippen LogP contribution in [-0.4, -0.2) is 49.2 Å². The fraction of sp³-hybridized carbons (Fsp3) is 0. The van der Waals surface area contributed by atoms with Crippen LogP contribution in [0.3, 0.4) is 0 Å². The first-order valence-corrected chi connectivity index (χ1v) is 2.39. The summed E-state index contributed by atoms with van der Waals surface area (Å²) in [5.41, 5.74) is 0. The molecule has 0 spiro atoms. The van der Waals surface area contributed by atoms with Crippen LogP contribution in [0.1, 0.15) is 0 Å². The van der Waals surface area contributed by atoms with Crippen molar-refractivity contribution in [2.75, 3.05) is 0 Å². The number of rotatable bonds is 3. The van der Waals surface area contributed by atoms with Gasteiger partial charge in [-0.05, 0) is 0 Å². The van der Waals surface area contributed by atoms with Crippen LogP contribution in [0, 0.1) is 0 Å². The monoisotopic (exact) mass is 96.1 g/mol. The van der Waals surface area contributed by atoms with E-state index in [0.29, 0.717) is 0 Å². The Morgan fingerprint density at radius 3 is 2.50 bits per heavy atom. The van der Waals surface area contributed by atoms with Gasteiger partial charge in [0, 0.05) is 0 Å². The van der Waals surface area contributed by atoms with Gasteiger partial charge in [-0.2, -0.15) is 0 Å². The summed E-state index contributed by atoms with van der Waals surface area (Å²) in [6.07, 6.45) is 0. The molecule has 30 valence electrons. The van der Waals surface area contributed by atoms with Crippen molar-refractivity contribution in [1.29, 1.82) is 0 Å². The van der Waals surface area contributed by atoms with Crippen molar-refractivity contribution in [2.45, 2.75) is 0 Å². The summed E-state index contributed by atoms with van der Waals surface area (Å²) in [6.45, 7) is 7.17. The Morgan fingerprint density at radius 1 is 1.25 bits per heavy atom. The van der Waals surface area contributed by atoms with E-state index in [4.69, 9.17) is 0 Å². The molecule has 0 aliphatic carbocycles. The zero-order valence-corrected chi connectivity index (χ0v) is 5.00. The Kier molecular flexibility index (Phi) is 7.49. The standard InChI is InChI=1S/B7H3O/c1-3-4-5-6-7-8-2/h1H,2H2. The summed E-state index contributed by atoms with van der Waals surface area (Å²) < 4.78 is 4.62. The molecule has 0 aliphatic rings. The molecule has 0 amide bonds. The number of hydrogen-bond acceptors (Lipinski definition) is 1. The van der Waals surface area contributed by atoms with Crippen molar-refractivity contribution in [1.82, 2.24) is 0 Å². The van der Waals surface area contributed by atoms with Crippen molar-refractivity contribution in [3.63, 3.8) is 0 Å². The van der Waals surface area contributed by atoms with Crippen LogP contribution < -0.4 is 0 Å². The Bertz CT molecular complexity index is 101. The molecule has 0 saturated heterocycles. The summed E-state index contributed by atoms with van der Waals surface area (Å²) in [6, 6.07) is 0. The summed E-state index contributed by atoms with van der Waals surface area (Å²) in [4.78, 5) is 0. The molecule has 0 aromatic rings. The van der Waals surface area contributed by atoms with Crippen LogP contribution in [0.15, 0.2) is 0 Å². The van der Waals surface area contributed by atoms with Gasteiger partial charge in [-0.25, -0.2) is 0 Å². The molecule has 1 nitrogen and oxygen atoms in total. The Hall–Kier alpha value is 0.255. The Balaban J connectivity index is 3.26. The maximum absolute atomic E-state index is 4.62. The summed E-state index contributed by atoms with van der Waals surface area (Å²) in [5.74, 6) is 0. The molecule has 0 aromatic carbocycles. The van der Waals surface area contributed by atoms with E-state index < -0.39 is 0 Å². The molecule has 0 aliphatic heterocycles. The van der Waals surface area contributed by atoms with Crippen LogP contribution in [0.5, 0.6) is 0 Å². The third-order valence-corrected chi connectivity index (χ3v) is 0.573. The van der Waals surface area contributed by atoms with E-state index >= 15 is 0 Å². The van der Waals surface area contributed by atoms with E-state index in [1.54, 1.807) is 28.4 Å². The zero-order valence-electron chi connectivity index (χ0n) is 5.00. The van der Waals surface area contributed by atoms with E-state index in [0.717, 1.165) is 0 Å². The molecule has 8 heavy (non-hydrogen) atoms. The topological polar surface area (TPSA) is 9.23 Å². The van der Waals surface area contributed by atoms with Crippen molar-refractivity contribution < 1.29 is 4.57 Å². The second-order valence-corrected chi connectivity index (χ2v) is 1.18. The van der Waals surface area contributed by atoms with Crippen molar-refractivity contribution in [2.24, 2.45) is 0 Å². The van der Waals surface area contributed by atoms with Gasteiger partial charge in [-0.15, -0.1) is 0 Å². The zero-order chi connectivity index (χ0) is 6.24. The molecular formula is H3B7O. The van der Waals surface area contributed by atoms with Gasteiger partial charge < -0.3 is 0 Å². The van der Waals surface area contributed by atoms with Crippen LogP contribution in [0.4, 0.5) is 0 Å². The van der Waals surface area contributed by atoms with E-state index in [-0.39, 0.29) is 0 Å².